The van der Waals surface area contributed by atoms with Gasteiger partial charge in [0.2, 0.25) is 0 Å². The Morgan fingerprint density at radius 1 is 0.972 bits per heavy atom. The highest BCUT2D eigenvalue weighted by Crippen LogP contribution is 2.41. The summed E-state index contributed by atoms with van der Waals surface area (Å²) in [5.41, 5.74) is 2.03. The molecule has 1 aliphatic rings. The van der Waals surface area contributed by atoms with Crippen LogP contribution in [0.2, 0.25) is 0 Å². The third-order valence-electron chi connectivity index (χ3n) is 6.33. The van der Waals surface area contributed by atoms with Crippen molar-refractivity contribution in [3.05, 3.63) is 64.7 Å². The number of aliphatic hydroxyl groups is 1. The van der Waals surface area contributed by atoms with Crippen LogP contribution in [0.1, 0.15) is 83.5 Å². The molecule has 1 fully saturated rings. The third-order valence-corrected chi connectivity index (χ3v) is 6.33. The zero-order chi connectivity index (χ0) is 26.5. The molecule has 6 heteroatoms. The minimum Gasteiger partial charge on any atom is -0.507 e. The van der Waals surface area contributed by atoms with Gasteiger partial charge in [0.25, 0.3) is 11.7 Å². The minimum atomic E-state index is -0.667. The summed E-state index contributed by atoms with van der Waals surface area (Å²) in [5.74, 6) is 0.0482. The fraction of sp³-hybridized carbons (Fsp3) is 0.467. The Morgan fingerprint density at radius 3 is 2.25 bits per heavy atom. The van der Waals surface area contributed by atoms with E-state index in [9.17, 15) is 14.7 Å². The molecule has 0 radical (unpaired) electrons. The Morgan fingerprint density at radius 2 is 1.67 bits per heavy atom. The van der Waals surface area contributed by atoms with Crippen LogP contribution in [-0.4, -0.2) is 41.5 Å². The van der Waals surface area contributed by atoms with Crippen molar-refractivity contribution in [2.45, 2.75) is 72.3 Å². The van der Waals surface area contributed by atoms with Gasteiger partial charge in [-0.05, 0) is 61.1 Å². The molecular formula is C30H39NO5. The third kappa shape index (κ3) is 5.75. The largest absolute Gasteiger partial charge is 0.507 e. The molecular weight excluding hydrogens is 454 g/mol. The average molecular weight is 494 g/mol. The van der Waals surface area contributed by atoms with Gasteiger partial charge in [0.1, 0.15) is 17.3 Å². The van der Waals surface area contributed by atoms with Gasteiger partial charge >= 0.3 is 0 Å². The Labute approximate surface area is 214 Å². The van der Waals surface area contributed by atoms with E-state index in [4.69, 9.17) is 9.47 Å². The van der Waals surface area contributed by atoms with Gasteiger partial charge in [-0.15, -0.1) is 0 Å². The van der Waals surface area contributed by atoms with Crippen molar-refractivity contribution in [2.24, 2.45) is 0 Å². The van der Waals surface area contributed by atoms with E-state index in [1.165, 1.54) is 0 Å². The van der Waals surface area contributed by atoms with Gasteiger partial charge < -0.3 is 19.5 Å². The Balaban J connectivity index is 2.10. The second kappa shape index (κ2) is 11.6. The minimum absolute atomic E-state index is 0.108. The lowest BCUT2D eigenvalue weighted by Gasteiger charge is -2.26. The standard InChI is InChI=1S/C30H39NO5/c1-7-10-18-36-22-14-11-20(12-15-22)26-25(28(33)29(34)31(26)17-8-2)27(32)21-13-16-24(35-9-3)23(19-21)30(4,5)6/h11-16,19,26,32H,7-10,17-18H2,1-6H3/b27-25-. The quantitative estimate of drug-likeness (QED) is 0.180. The van der Waals surface area contributed by atoms with Gasteiger partial charge in [-0.3, -0.25) is 9.59 Å². The smallest absolute Gasteiger partial charge is 0.295 e. The molecule has 1 amide bonds. The molecule has 3 rings (SSSR count). The number of rotatable bonds is 10. The number of carbonyl (C=O) groups is 2. The first-order chi connectivity index (χ1) is 17.1. The lowest BCUT2D eigenvalue weighted by molar-refractivity contribution is -0.139. The SMILES string of the molecule is CCCCOc1ccc(C2/C(=C(/O)c3ccc(OCC)c(C(C)(C)C)c3)C(=O)C(=O)N2CCC)cc1. The number of unbranched alkanes of at least 4 members (excludes halogenated alkanes) is 1. The maximum atomic E-state index is 13.2. The molecule has 1 atom stereocenters. The summed E-state index contributed by atoms with van der Waals surface area (Å²) in [6, 6.07) is 12.2. The second-order valence-corrected chi connectivity index (χ2v) is 10.2. The lowest BCUT2D eigenvalue weighted by Crippen LogP contribution is -2.30. The second-order valence-electron chi connectivity index (χ2n) is 10.2. The van der Waals surface area contributed by atoms with Crippen LogP contribution in [0.3, 0.4) is 0 Å². The molecule has 6 nitrogen and oxygen atoms in total. The number of Topliss-reactive ketones (excluding diaryl/α,β-unsaturated/α-hetero) is 1. The van der Waals surface area contributed by atoms with Gasteiger partial charge in [0.15, 0.2) is 0 Å². The summed E-state index contributed by atoms with van der Waals surface area (Å²) < 4.78 is 11.6. The number of benzene rings is 2. The number of carbonyl (C=O) groups excluding carboxylic acids is 2. The lowest BCUT2D eigenvalue weighted by atomic mass is 9.84. The summed E-state index contributed by atoms with van der Waals surface area (Å²) >= 11 is 0. The van der Waals surface area contributed by atoms with E-state index in [-0.39, 0.29) is 16.7 Å². The average Bonchev–Trinajstić information content (AvgIpc) is 3.09. The van der Waals surface area contributed by atoms with E-state index in [1.807, 2.05) is 50.2 Å². The van der Waals surface area contributed by atoms with Crippen LogP contribution in [0.5, 0.6) is 11.5 Å². The van der Waals surface area contributed by atoms with Crippen LogP contribution < -0.4 is 9.47 Å². The van der Waals surface area contributed by atoms with Crippen molar-refractivity contribution in [1.82, 2.24) is 4.90 Å². The summed E-state index contributed by atoms with van der Waals surface area (Å²) in [6.45, 7) is 13.8. The molecule has 1 unspecified atom stereocenters. The molecule has 1 saturated heterocycles. The molecule has 2 aromatic carbocycles. The number of nitrogens with zero attached hydrogens (tertiary/aromatic N) is 1. The highest BCUT2D eigenvalue weighted by molar-refractivity contribution is 6.46. The number of ketones is 1. The number of hydrogen-bond acceptors (Lipinski definition) is 5. The van der Waals surface area contributed by atoms with Gasteiger partial charge in [-0.25, -0.2) is 0 Å². The molecule has 0 aliphatic carbocycles. The number of likely N-dealkylation sites (tertiary alicyclic amines) is 1. The Bertz CT molecular complexity index is 1110. The monoisotopic (exact) mass is 493 g/mol. The maximum absolute atomic E-state index is 13.2. The van der Waals surface area contributed by atoms with E-state index in [1.54, 1.807) is 11.0 Å². The summed E-state index contributed by atoms with van der Waals surface area (Å²) in [6.07, 6.45) is 2.71. The number of ether oxygens (including phenoxy) is 2. The summed E-state index contributed by atoms with van der Waals surface area (Å²) in [4.78, 5) is 27.8. The first-order valence-electron chi connectivity index (χ1n) is 12.9. The fourth-order valence-electron chi connectivity index (χ4n) is 4.48. The topological polar surface area (TPSA) is 76.1 Å². The molecule has 2 aromatic rings. The van der Waals surface area contributed by atoms with Gasteiger partial charge in [-0.2, -0.15) is 0 Å². The van der Waals surface area contributed by atoms with Crippen LogP contribution in [0, 0.1) is 0 Å². The van der Waals surface area contributed by atoms with Crippen molar-refractivity contribution in [1.29, 1.82) is 0 Å². The Kier molecular flexibility index (Phi) is 8.83. The molecule has 0 bridgehead atoms. The van der Waals surface area contributed by atoms with Crippen LogP contribution in [-0.2, 0) is 15.0 Å². The van der Waals surface area contributed by atoms with Crippen LogP contribution in [0.25, 0.3) is 5.76 Å². The van der Waals surface area contributed by atoms with Gasteiger partial charge in [0, 0.05) is 17.7 Å². The Hall–Kier alpha value is -3.28. The maximum Gasteiger partial charge on any atom is 0.295 e. The van der Waals surface area contributed by atoms with Crippen molar-refractivity contribution in [2.75, 3.05) is 19.8 Å². The summed E-state index contributed by atoms with van der Waals surface area (Å²) in [7, 11) is 0. The van der Waals surface area contributed by atoms with Crippen molar-refractivity contribution >= 4 is 17.4 Å². The summed E-state index contributed by atoms with van der Waals surface area (Å²) in [5, 5.41) is 11.4. The van der Waals surface area contributed by atoms with Gasteiger partial charge in [-0.1, -0.05) is 53.2 Å². The molecule has 1 heterocycles. The van der Waals surface area contributed by atoms with E-state index in [2.05, 4.69) is 27.7 Å². The molecule has 0 spiro atoms. The van der Waals surface area contributed by atoms with Crippen molar-refractivity contribution in [3.8, 4) is 11.5 Å². The van der Waals surface area contributed by atoms with Crippen LogP contribution in [0.15, 0.2) is 48.0 Å². The first-order valence-corrected chi connectivity index (χ1v) is 12.9. The molecule has 36 heavy (non-hydrogen) atoms. The number of amides is 1. The first kappa shape index (κ1) is 27.3. The van der Waals surface area contributed by atoms with Crippen LogP contribution in [0.4, 0.5) is 0 Å². The van der Waals surface area contributed by atoms with E-state index >= 15 is 0 Å². The predicted octanol–water partition coefficient (Wildman–Crippen LogP) is 6.39. The zero-order valence-electron chi connectivity index (χ0n) is 22.4. The van der Waals surface area contributed by atoms with E-state index in [0.29, 0.717) is 31.7 Å². The van der Waals surface area contributed by atoms with Crippen LogP contribution >= 0.6 is 0 Å². The normalized spacial score (nSPS) is 17.5. The highest BCUT2D eigenvalue weighted by Gasteiger charge is 2.45. The molecule has 1 N–H and O–H groups in total. The predicted molar refractivity (Wildman–Crippen MR) is 142 cm³/mol. The van der Waals surface area contributed by atoms with Crippen molar-refractivity contribution in [3.63, 3.8) is 0 Å². The van der Waals surface area contributed by atoms with E-state index < -0.39 is 17.7 Å². The molecule has 0 saturated carbocycles. The number of hydrogen-bond donors (Lipinski definition) is 1. The van der Waals surface area contributed by atoms with Crippen molar-refractivity contribution < 1.29 is 24.2 Å². The molecule has 194 valence electrons. The van der Waals surface area contributed by atoms with E-state index in [0.717, 1.165) is 35.5 Å². The molecule has 0 aromatic heterocycles. The molecule has 1 aliphatic heterocycles. The highest BCUT2D eigenvalue weighted by atomic mass is 16.5. The number of aliphatic hydroxyl groups excluding tert-OH is 1. The fourth-order valence-corrected chi connectivity index (χ4v) is 4.48. The van der Waals surface area contributed by atoms with Gasteiger partial charge in [0.05, 0.1) is 24.8 Å². The zero-order valence-corrected chi connectivity index (χ0v) is 22.4.